The van der Waals surface area contributed by atoms with Gasteiger partial charge >= 0.3 is 0 Å². The predicted octanol–water partition coefficient (Wildman–Crippen LogP) is 3.72. The number of rotatable bonds is 5. The molecule has 6 heteroatoms. The Morgan fingerprint density at radius 3 is 3.00 bits per heavy atom. The van der Waals surface area contributed by atoms with Crippen molar-refractivity contribution in [2.24, 2.45) is 0 Å². The van der Waals surface area contributed by atoms with E-state index in [-0.39, 0.29) is 6.04 Å². The first-order valence-corrected chi connectivity index (χ1v) is 8.05. The zero-order chi connectivity index (χ0) is 16.2. The van der Waals surface area contributed by atoms with Gasteiger partial charge in [0.15, 0.2) is 5.82 Å². The number of methoxy groups -OCH3 is 1. The number of nitrogens with zero attached hydrogens (tertiary/aromatic N) is 3. The van der Waals surface area contributed by atoms with Crippen molar-refractivity contribution in [3.63, 3.8) is 0 Å². The van der Waals surface area contributed by atoms with Crippen LogP contribution in [0.2, 0.25) is 5.02 Å². The van der Waals surface area contributed by atoms with Crippen LogP contribution in [0.15, 0.2) is 34.9 Å². The lowest BCUT2D eigenvalue weighted by Gasteiger charge is -2.29. The molecule has 2 aromatic rings. The van der Waals surface area contributed by atoms with Crippen LogP contribution in [-0.2, 0) is 11.3 Å². The fourth-order valence-corrected chi connectivity index (χ4v) is 2.96. The van der Waals surface area contributed by atoms with Gasteiger partial charge in [-0.05, 0) is 36.6 Å². The van der Waals surface area contributed by atoms with Crippen molar-refractivity contribution < 1.29 is 9.26 Å². The van der Waals surface area contributed by atoms with E-state index in [1.807, 2.05) is 18.2 Å². The Morgan fingerprint density at radius 1 is 1.43 bits per heavy atom. The standard InChI is InChI=1S/C17H20ClN3O2/c1-12(17-19-16(11-22-2)20-23-17)21-8-6-13(7-9-21)14-4-3-5-15(18)10-14/h3-6,10,12H,7-9,11H2,1-2H3/t12-/m0/s1. The van der Waals surface area contributed by atoms with Gasteiger partial charge in [0.2, 0.25) is 5.89 Å². The number of benzene rings is 1. The first-order valence-electron chi connectivity index (χ1n) is 7.68. The number of aromatic nitrogens is 2. The van der Waals surface area contributed by atoms with E-state index in [4.69, 9.17) is 20.9 Å². The van der Waals surface area contributed by atoms with E-state index < -0.39 is 0 Å². The van der Waals surface area contributed by atoms with Gasteiger partial charge in [-0.25, -0.2) is 0 Å². The van der Waals surface area contributed by atoms with E-state index in [2.05, 4.69) is 34.1 Å². The molecule has 1 aromatic heterocycles. The monoisotopic (exact) mass is 333 g/mol. The van der Waals surface area contributed by atoms with Gasteiger partial charge in [-0.2, -0.15) is 4.98 Å². The lowest BCUT2D eigenvalue weighted by Crippen LogP contribution is -2.31. The molecule has 122 valence electrons. The van der Waals surface area contributed by atoms with Gasteiger partial charge in [-0.15, -0.1) is 0 Å². The topological polar surface area (TPSA) is 51.4 Å². The second kappa shape index (κ2) is 7.25. The first kappa shape index (κ1) is 16.2. The summed E-state index contributed by atoms with van der Waals surface area (Å²) in [4.78, 5) is 6.70. The second-order valence-electron chi connectivity index (χ2n) is 5.64. The van der Waals surface area contributed by atoms with E-state index in [0.29, 0.717) is 18.3 Å². The van der Waals surface area contributed by atoms with Crippen LogP contribution in [0.4, 0.5) is 0 Å². The van der Waals surface area contributed by atoms with Crippen LogP contribution in [-0.4, -0.2) is 35.2 Å². The minimum absolute atomic E-state index is 0.0882. The summed E-state index contributed by atoms with van der Waals surface area (Å²) in [6.07, 6.45) is 3.22. The maximum atomic E-state index is 6.08. The van der Waals surface area contributed by atoms with Crippen LogP contribution < -0.4 is 0 Å². The van der Waals surface area contributed by atoms with Crippen LogP contribution in [0.3, 0.4) is 0 Å². The van der Waals surface area contributed by atoms with Crippen LogP contribution >= 0.6 is 11.6 Å². The normalized spacial score (nSPS) is 17.1. The molecule has 0 bridgehead atoms. The summed E-state index contributed by atoms with van der Waals surface area (Å²) in [5.41, 5.74) is 2.53. The average Bonchev–Trinajstić information content (AvgIpc) is 3.03. The minimum Gasteiger partial charge on any atom is -0.377 e. The van der Waals surface area contributed by atoms with Crippen molar-refractivity contribution in [3.8, 4) is 0 Å². The molecule has 0 unspecified atom stereocenters. The highest BCUT2D eigenvalue weighted by Crippen LogP contribution is 2.28. The molecule has 1 atom stereocenters. The molecule has 5 nitrogen and oxygen atoms in total. The van der Waals surface area contributed by atoms with Crippen LogP contribution in [0, 0.1) is 0 Å². The van der Waals surface area contributed by atoms with Crippen molar-refractivity contribution in [2.75, 3.05) is 20.2 Å². The number of halogens is 1. The Balaban J connectivity index is 1.67. The summed E-state index contributed by atoms with van der Waals surface area (Å²) in [7, 11) is 1.62. The molecule has 0 spiro atoms. The summed E-state index contributed by atoms with van der Waals surface area (Å²) >= 11 is 6.08. The molecular weight excluding hydrogens is 314 g/mol. The molecule has 0 fully saturated rings. The smallest absolute Gasteiger partial charge is 0.243 e. The molecule has 0 N–H and O–H groups in total. The van der Waals surface area contributed by atoms with E-state index in [9.17, 15) is 0 Å². The first-order chi connectivity index (χ1) is 11.2. The highest BCUT2D eigenvalue weighted by Gasteiger charge is 2.23. The molecule has 0 radical (unpaired) electrons. The maximum Gasteiger partial charge on any atom is 0.243 e. The quantitative estimate of drug-likeness (QED) is 0.834. The third-order valence-electron chi connectivity index (χ3n) is 4.10. The molecule has 1 aromatic carbocycles. The van der Waals surface area contributed by atoms with Gasteiger partial charge in [0, 0.05) is 25.2 Å². The van der Waals surface area contributed by atoms with Gasteiger partial charge < -0.3 is 9.26 Å². The predicted molar refractivity (Wildman–Crippen MR) is 89.0 cm³/mol. The van der Waals surface area contributed by atoms with Crippen molar-refractivity contribution in [3.05, 3.63) is 52.6 Å². The lowest BCUT2D eigenvalue weighted by atomic mass is 9.99. The number of hydrogen-bond donors (Lipinski definition) is 0. The van der Waals surface area contributed by atoms with E-state index in [1.54, 1.807) is 7.11 Å². The molecule has 0 saturated heterocycles. The van der Waals surface area contributed by atoms with Crippen LogP contribution in [0.5, 0.6) is 0 Å². The molecule has 1 aliphatic heterocycles. The fraction of sp³-hybridized carbons (Fsp3) is 0.412. The van der Waals surface area contributed by atoms with Crippen molar-refractivity contribution >= 4 is 17.2 Å². The Labute approximate surface area is 140 Å². The van der Waals surface area contributed by atoms with Gasteiger partial charge in [0.25, 0.3) is 0 Å². The molecular formula is C17H20ClN3O2. The highest BCUT2D eigenvalue weighted by atomic mass is 35.5. The summed E-state index contributed by atoms with van der Waals surface area (Å²) in [5.74, 6) is 1.22. The Bertz CT molecular complexity index is 699. The van der Waals surface area contributed by atoms with Crippen LogP contribution in [0.1, 0.15) is 36.7 Å². The Morgan fingerprint density at radius 2 is 2.30 bits per heavy atom. The molecule has 0 amide bonds. The molecule has 0 aliphatic carbocycles. The van der Waals surface area contributed by atoms with E-state index >= 15 is 0 Å². The van der Waals surface area contributed by atoms with Crippen LogP contribution in [0.25, 0.3) is 5.57 Å². The third kappa shape index (κ3) is 3.80. The third-order valence-corrected chi connectivity index (χ3v) is 4.33. The average molecular weight is 334 g/mol. The van der Waals surface area contributed by atoms with Gasteiger partial charge in [-0.1, -0.05) is 35.0 Å². The highest BCUT2D eigenvalue weighted by molar-refractivity contribution is 6.30. The van der Waals surface area contributed by atoms with E-state index in [0.717, 1.165) is 24.5 Å². The van der Waals surface area contributed by atoms with Gasteiger partial charge in [0.05, 0.1) is 6.04 Å². The van der Waals surface area contributed by atoms with E-state index in [1.165, 1.54) is 11.1 Å². The summed E-state index contributed by atoms with van der Waals surface area (Å²) in [6, 6.07) is 8.09. The number of hydrogen-bond acceptors (Lipinski definition) is 5. The SMILES string of the molecule is COCc1noc([C@H](C)N2CC=C(c3cccc(Cl)c3)CC2)n1. The lowest BCUT2D eigenvalue weighted by molar-refractivity contribution is 0.173. The second-order valence-corrected chi connectivity index (χ2v) is 6.08. The van der Waals surface area contributed by atoms with Gasteiger partial charge in [0.1, 0.15) is 6.61 Å². The summed E-state index contributed by atoms with van der Waals surface area (Å²) < 4.78 is 10.4. The molecule has 3 rings (SSSR count). The zero-order valence-electron chi connectivity index (χ0n) is 13.3. The largest absolute Gasteiger partial charge is 0.377 e. The zero-order valence-corrected chi connectivity index (χ0v) is 14.1. The molecule has 0 saturated carbocycles. The minimum atomic E-state index is 0.0882. The number of ether oxygens (including phenoxy) is 1. The van der Waals surface area contributed by atoms with Crippen molar-refractivity contribution in [1.82, 2.24) is 15.0 Å². The Kier molecular flexibility index (Phi) is 5.10. The van der Waals surface area contributed by atoms with Gasteiger partial charge in [-0.3, -0.25) is 4.90 Å². The summed E-state index contributed by atoms with van der Waals surface area (Å²) in [6.45, 7) is 4.25. The van der Waals surface area contributed by atoms with Crippen molar-refractivity contribution in [1.29, 1.82) is 0 Å². The Hall–Kier alpha value is -1.69. The maximum absolute atomic E-state index is 6.08. The fourth-order valence-electron chi connectivity index (χ4n) is 2.77. The van der Waals surface area contributed by atoms with Crippen molar-refractivity contribution in [2.45, 2.75) is 26.0 Å². The molecule has 23 heavy (non-hydrogen) atoms. The molecule has 2 heterocycles. The molecule has 1 aliphatic rings. The summed E-state index contributed by atoms with van der Waals surface area (Å²) in [5, 5.41) is 4.70.